The van der Waals surface area contributed by atoms with Crippen molar-refractivity contribution >= 4 is 11.8 Å². The molecule has 2 heterocycles. The Morgan fingerprint density at radius 3 is 2.64 bits per heavy atom. The SMILES string of the molecule is CC(C)CC(=O)N1CC(n2cc(C(=O)NCc3ccccc3)nn2)C1. The van der Waals surface area contributed by atoms with Gasteiger partial charge in [-0.25, -0.2) is 4.68 Å². The van der Waals surface area contributed by atoms with Crippen molar-refractivity contribution in [2.24, 2.45) is 5.92 Å². The van der Waals surface area contributed by atoms with E-state index in [1.807, 2.05) is 49.1 Å². The molecule has 0 bridgehead atoms. The molecule has 0 saturated carbocycles. The summed E-state index contributed by atoms with van der Waals surface area (Å²) in [6.07, 6.45) is 2.21. The summed E-state index contributed by atoms with van der Waals surface area (Å²) in [5.74, 6) is 0.284. The Morgan fingerprint density at radius 1 is 1.24 bits per heavy atom. The van der Waals surface area contributed by atoms with E-state index in [2.05, 4.69) is 15.6 Å². The second-order valence-electron chi connectivity index (χ2n) is 6.80. The number of benzene rings is 1. The molecule has 1 aliphatic rings. The van der Waals surface area contributed by atoms with Gasteiger partial charge in [0.05, 0.1) is 12.2 Å². The lowest BCUT2D eigenvalue weighted by atomic mass is 10.1. The number of nitrogens with one attached hydrogen (secondary N) is 1. The Morgan fingerprint density at radius 2 is 1.96 bits per heavy atom. The van der Waals surface area contributed by atoms with Crippen LogP contribution in [-0.4, -0.2) is 44.8 Å². The molecular formula is C18H23N5O2. The molecule has 7 nitrogen and oxygen atoms in total. The molecular weight excluding hydrogens is 318 g/mol. The zero-order valence-electron chi connectivity index (χ0n) is 14.6. The predicted molar refractivity (Wildman–Crippen MR) is 92.7 cm³/mol. The van der Waals surface area contributed by atoms with Gasteiger partial charge in [0.15, 0.2) is 5.69 Å². The van der Waals surface area contributed by atoms with Crippen molar-refractivity contribution in [3.05, 3.63) is 47.8 Å². The Bertz CT molecular complexity index is 735. The molecule has 7 heteroatoms. The molecule has 2 aromatic rings. The third kappa shape index (κ3) is 4.23. The van der Waals surface area contributed by atoms with Gasteiger partial charge in [-0.2, -0.15) is 0 Å². The summed E-state index contributed by atoms with van der Waals surface area (Å²) in [6, 6.07) is 9.80. The maximum Gasteiger partial charge on any atom is 0.273 e. The second kappa shape index (κ2) is 7.46. The molecule has 1 aromatic carbocycles. The molecule has 0 aliphatic carbocycles. The van der Waals surface area contributed by atoms with E-state index in [-0.39, 0.29) is 17.9 Å². The van der Waals surface area contributed by atoms with E-state index in [9.17, 15) is 9.59 Å². The number of carbonyl (C=O) groups excluding carboxylic acids is 2. The van der Waals surface area contributed by atoms with Crippen LogP contribution in [-0.2, 0) is 11.3 Å². The van der Waals surface area contributed by atoms with Crippen LogP contribution in [0, 0.1) is 5.92 Å². The van der Waals surface area contributed by atoms with Gasteiger partial charge in [0.2, 0.25) is 5.91 Å². The summed E-state index contributed by atoms with van der Waals surface area (Å²) in [6.45, 7) is 5.77. The fourth-order valence-electron chi connectivity index (χ4n) is 2.73. The monoisotopic (exact) mass is 341 g/mol. The molecule has 1 aromatic heterocycles. The number of hydrogen-bond acceptors (Lipinski definition) is 4. The third-order valence-corrected chi connectivity index (χ3v) is 4.21. The second-order valence-corrected chi connectivity index (χ2v) is 6.80. The van der Waals surface area contributed by atoms with Gasteiger partial charge in [0.1, 0.15) is 0 Å². The van der Waals surface area contributed by atoms with Gasteiger partial charge >= 0.3 is 0 Å². The summed E-state index contributed by atoms with van der Waals surface area (Å²) in [7, 11) is 0. The first kappa shape index (κ1) is 17.1. The van der Waals surface area contributed by atoms with E-state index in [4.69, 9.17) is 0 Å². The maximum absolute atomic E-state index is 12.2. The van der Waals surface area contributed by atoms with Crippen molar-refractivity contribution in [1.82, 2.24) is 25.2 Å². The topological polar surface area (TPSA) is 80.1 Å². The Balaban J connectivity index is 1.50. The number of likely N-dealkylation sites (tertiary alicyclic amines) is 1. The van der Waals surface area contributed by atoms with Crippen LogP contribution in [0.3, 0.4) is 0 Å². The largest absolute Gasteiger partial charge is 0.347 e. The molecule has 2 amide bonds. The highest BCUT2D eigenvalue weighted by Crippen LogP contribution is 2.22. The van der Waals surface area contributed by atoms with Crippen molar-refractivity contribution in [2.75, 3.05) is 13.1 Å². The van der Waals surface area contributed by atoms with E-state index in [0.717, 1.165) is 5.56 Å². The first-order valence-electron chi connectivity index (χ1n) is 8.54. The van der Waals surface area contributed by atoms with Crippen molar-refractivity contribution in [3.63, 3.8) is 0 Å². The molecule has 0 unspecified atom stereocenters. The van der Waals surface area contributed by atoms with Crippen LogP contribution >= 0.6 is 0 Å². The normalized spacial score (nSPS) is 14.4. The first-order valence-corrected chi connectivity index (χ1v) is 8.54. The minimum absolute atomic E-state index is 0.0966. The van der Waals surface area contributed by atoms with Crippen LogP contribution in [0.15, 0.2) is 36.5 Å². The van der Waals surface area contributed by atoms with Crippen LogP contribution in [0.25, 0.3) is 0 Å². The Labute approximate surface area is 147 Å². The summed E-state index contributed by atoms with van der Waals surface area (Å²) in [5.41, 5.74) is 1.32. The van der Waals surface area contributed by atoms with Gasteiger partial charge in [-0.3, -0.25) is 9.59 Å². The van der Waals surface area contributed by atoms with Gasteiger partial charge in [-0.05, 0) is 11.5 Å². The lowest BCUT2D eigenvalue weighted by molar-refractivity contribution is -0.138. The van der Waals surface area contributed by atoms with E-state index in [0.29, 0.717) is 37.7 Å². The van der Waals surface area contributed by atoms with E-state index >= 15 is 0 Å². The zero-order valence-corrected chi connectivity index (χ0v) is 14.6. The number of rotatable bonds is 6. The average Bonchev–Trinajstić information content (AvgIpc) is 3.01. The quantitative estimate of drug-likeness (QED) is 0.866. The molecule has 0 atom stereocenters. The van der Waals surface area contributed by atoms with Crippen molar-refractivity contribution in [2.45, 2.75) is 32.9 Å². The standard InChI is InChI=1S/C18H23N5O2/c1-13(2)8-17(24)22-10-15(11-22)23-12-16(20-21-23)18(25)19-9-14-6-4-3-5-7-14/h3-7,12-13,15H,8-11H2,1-2H3,(H,19,25). The van der Waals surface area contributed by atoms with E-state index in [1.165, 1.54) is 0 Å². The third-order valence-electron chi connectivity index (χ3n) is 4.21. The molecule has 3 rings (SSSR count). The molecule has 1 aliphatic heterocycles. The average molecular weight is 341 g/mol. The van der Waals surface area contributed by atoms with Gasteiger partial charge in [0, 0.05) is 26.1 Å². The van der Waals surface area contributed by atoms with Gasteiger partial charge in [-0.1, -0.05) is 49.4 Å². The van der Waals surface area contributed by atoms with Gasteiger partial charge in [0.25, 0.3) is 5.91 Å². The first-order chi connectivity index (χ1) is 12.0. The Kier molecular flexibility index (Phi) is 5.11. The molecule has 1 saturated heterocycles. The summed E-state index contributed by atoms with van der Waals surface area (Å²) >= 11 is 0. The number of nitrogens with zero attached hydrogens (tertiary/aromatic N) is 4. The maximum atomic E-state index is 12.2. The number of aromatic nitrogens is 3. The van der Waals surface area contributed by atoms with Crippen LogP contribution in [0.5, 0.6) is 0 Å². The number of amides is 2. The van der Waals surface area contributed by atoms with E-state index in [1.54, 1.807) is 10.9 Å². The predicted octanol–water partition coefficient (Wildman–Crippen LogP) is 1.64. The van der Waals surface area contributed by atoms with Crippen LogP contribution < -0.4 is 5.32 Å². The lowest BCUT2D eigenvalue weighted by Crippen LogP contribution is -2.51. The van der Waals surface area contributed by atoms with Crippen molar-refractivity contribution < 1.29 is 9.59 Å². The molecule has 25 heavy (non-hydrogen) atoms. The molecule has 1 fully saturated rings. The number of hydrogen-bond donors (Lipinski definition) is 1. The lowest BCUT2D eigenvalue weighted by Gasteiger charge is -2.39. The smallest absolute Gasteiger partial charge is 0.273 e. The molecule has 1 N–H and O–H groups in total. The van der Waals surface area contributed by atoms with Gasteiger partial charge < -0.3 is 10.2 Å². The summed E-state index contributed by atoms with van der Waals surface area (Å²) in [4.78, 5) is 25.9. The highest BCUT2D eigenvalue weighted by molar-refractivity contribution is 5.91. The van der Waals surface area contributed by atoms with Crippen molar-refractivity contribution in [3.8, 4) is 0 Å². The van der Waals surface area contributed by atoms with Crippen LogP contribution in [0.1, 0.15) is 42.4 Å². The zero-order chi connectivity index (χ0) is 17.8. The summed E-state index contributed by atoms with van der Waals surface area (Å²) in [5, 5.41) is 10.8. The molecule has 0 spiro atoms. The minimum Gasteiger partial charge on any atom is -0.347 e. The van der Waals surface area contributed by atoms with E-state index < -0.39 is 0 Å². The van der Waals surface area contributed by atoms with Gasteiger partial charge in [-0.15, -0.1) is 5.10 Å². The summed E-state index contributed by atoms with van der Waals surface area (Å²) < 4.78 is 1.68. The highest BCUT2D eigenvalue weighted by Gasteiger charge is 2.33. The molecule has 132 valence electrons. The highest BCUT2D eigenvalue weighted by atomic mass is 16.2. The van der Waals surface area contributed by atoms with Crippen LogP contribution in [0.2, 0.25) is 0 Å². The van der Waals surface area contributed by atoms with Crippen molar-refractivity contribution in [1.29, 1.82) is 0 Å². The number of carbonyl (C=O) groups is 2. The fraction of sp³-hybridized carbons (Fsp3) is 0.444. The fourth-order valence-corrected chi connectivity index (χ4v) is 2.73. The minimum atomic E-state index is -0.248. The van der Waals surface area contributed by atoms with Crippen LogP contribution in [0.4, 0.5) is 0 Å². The molecule has 0 radical (unpaired) electrons. The Hall–Kier alpha value is -2.70.